The fourth-order valence-electron chi connectivity index (χ4n) is 2.18. The van der Waals surface area contributed by atoms with Gasteiger partial charge in [-0.25, -0.2) is 0 Å². The van der Waals surface area contributed by atoms with Crippen molar-refractivity contribution in [2.75, 3.05) is 11.3 Å². The number of aromatic nitrogens is 3. The summed E-state index contributed by atoms with van der Waals surface area (Å²) in [4.78, 5) is 14.0. The van der Waals surface area contributed by atoms with E-state index in [-0.39, 0.29) is 17.9 Å². The SMILES string of the molecule is O=c1ccc2c([nH]1)CCN(S(=O)(=O)Nc1cccnn1)C2. The molecule has 21 heavy (non-hydrogen) atoms. The second-order valence-corrected chi connectivity index (χ2v) is 6.30. The first-order valence-corrected chi connectivity index (χ1v) is 7.75. The molecule has 0 saturated carbocycles. The highest BCUT2D eigenvalue weighted by Crippen LogP contribution is 2.19. The topological polar surface area (TPSA) is 108 Å². The van der Waals surface area contributed by atoms with Crippen LogP contribution in [0.2, 0.25) is 0 Å². The van der Waals surface area contributed by atoms with E-state index in [1.165, 1.54) is 22.6 Å². The van der Waals surface area contributed by atoms with Gasteiger partial charge in [0.25, 0.3) is 0 Å². The molecule has 0 aliphatic carbocycles. The quantitative estimate of drug-likeness (QED) is 0.822. The maximum atomic E-state index is 12.3. The van der Waals surface area contributed by atoms with Gasteiger partial charge >= 0.3 is 10.2 Å². The zero-order valence-corrected chi connectivity index (χ0v) is 11.8. The standard InChI is InChI=1S/C12H13N5O3S/c18-12-4-3-9-8-17(7-5-10(9)14-12)21(19,20)16-11-2-1-6-13-15-11/h1-4,6H,5,7-8H2,(H,14,18)(H,15,16). The number of pyridine rings is 1. The van der Waals surface area contributed by atoms with Crippen LogP contribution in [0.3, 0.4) is 0 Å². The van der Waals surface area contributed by atoms with Crippen molar-refractivity contribution >= 4 is 16.0 Å². The number of aromatic amines is 1. The molecule has 0 bridgehead atoms. The molecule has 2 aromatic heterocycles. The molecule has 0 amide bonds. The predicted octanol–water partition coefficient (Wildman–Crippen LogP) is -0.120. The van der Waals surface area contributed by atoms with Gasteiger partial charge in [0.2, 0.25) is 5.56 Å². The molecule has 2 N–H and O–H groups in total. The Bertz CT molecular complexity index is 803. The maximum Gasteiger partial charge on any atom is 0.303 e. The Morgan fingerprint density at radius 1 is 1.29 bits per heavy atom. The smallest absolute Gasteiger partial charge is 0.303 e. The molecule has 3 rings (SSSR count). The van der Waals surface area contributed by atoms with Crippen molar-refractivity contribution in [3.8, 4) is 0 Å². The number of rotatable bonds is 3. The third-order valence-electron chi connectivity index (χ3n) is 3.20. The Morgan fingerprint density at radius 3 is 2.90 bits per heavy atom. The number of nitrogens with one attached hydrogen (secondary N) is 2. The third kappa shape index (κ3) is 2.93. The summed E-state index contributed by atoms with van der Waals surface area (Å²) in [5.74, 6) is 0.171. The summed E-state index contributed by atoms with van der Waals surface area (Å²) in [6.07, 6.45) is 1.93. The van der Waals surface area contributed by atoms with E-state index in [9.17, 15) is 13.2 Å². The fraction of sp³-hybridized carbons (Fsp3) is 0.250. The molecule has 0 spiro atoms. The number of H-pyrrole nitrogens is 1. The molecule has 1 aliphatic heterocycles. The number of fused-ring (bicyclic) bond motifs is 1. The molecule has 0 saturated heterocycles. The highest BCUT2D eigenvalue weighted by atomic mass is 32.2. The monoisotopic (exact) mass is 307 g/mol. The predicted molar refractivity (Wildman–Crippen MR) is 75.8 cm³/mol. The number of hydrogen-bond donors (Lipinski definition) is 2. The van der Waals surface area contributed by atoms with Crippen molar-refractivity contribution in [2.24, 2.45) is 0 Å². The van der Waals surface area contributed by atoms with E-state index < -0.39 is 10.2 Å². The van der Waals surface area contributed by atoms with Crippen LogP contribution in [-0.2, 0) is 23.2 Å². The second kappa shape index (κ2) is 5.26. The van der Waals surface area contributed by atoms with Crippen LogP contribution in [0.4, 0.5) is 5.82 Å². The van der Waals surface area contributed by atoms with E-state index in [0.29, 0.717) is 13.0 Å². The molecule has 0 radical (unpaired) electrons. The molecule has 110 valence electrons. The number of hydrogen-bond acceptors (Lipinski definition) is 5. The number of anilines is 1. The maximum absolute atomic E-state index is 12.3. The first-order valence-electron chi connectivity index (χ1n) is 6.31. The lowest BCUT2D eigenvalue weighted by Crippen LogP contribution is -2.40. The summed E-state index contributed by atoms with van der Waals surface area (Å²) in [5.41, 5.74) is 1.40. The van der Waals surface area contributed by atoms with Crippen LogP contribution >= 0.6 is 0 Å². The van der Waals surface area contributed by atoms with Gasteiger partial charge in [0.15, 0.2) is 5.82 Å². The summed E-state index contributed by atoms with van der Waals surface area (Å²) in [6.45, 7) is 0.504. The normalized spacial score (nSPS) is 15.4. The van der Waals surface area contributed by atoms with E-state index in [1.807, 2.05) is 0 Å². The van der Waals surface area contributed by atoms with Crippen LogP contribution in [0.15, 0.2) is 35.3 Å². The lowest BCUT2D eigenvalue weighted by molar-refractivity contribution is 0.390. The Hall–Kier alpha value is -2.26. The van der Waals surface area contributed by atoms with Gasteiger partial charge in [0.05, 0.1) is 0 Å². The first kappa shape index (κ1) is 13.7. The summed E-state index contributed by atoms with van der Waals surface area (Å²) < 4.78 is 28.3. The highest BCUT2D eigenvalue weighted by Gasteiger charge is 2.27. The third-order valence-corrected chi connectivity index (χ3v) is 4.66. The molecule has 1 aliphatic rings. The molecule has 0 atom stereocenters. The Balaban J connectivity index is 1.82. The van der Waals surface area contributed by atoms with Gasteiger partial charge in [-0.3, -0.25) is 9.52 Å². The average molecular weight is 307 g/mol. The van der Waals surface area contributed by atoms with Crippen LogP contribution in [-0.4, -0.2) is 34.4 Å². The van der Waals surface area contributed by atoms with Crippen molar-refractivity contribution < 1.29 is 8.42 Å². The highest BCUT2D eigenvalue weighted by molar-refractivity contribution is 7.90. The van der Waals surface area contributed by atoms with E-state index in [1.54, 1.807) is 12.1 Å². The second-order valence-electron chi connectivity index (χ2n) is 4.63. The van der Waals surface area contributed by atoms with Gasteiger partial charge in [-0.1, -0.05) is 6.07 Å². The van der Waals surface area contributed by atoms with E-state index in [2.05, 4.69) is 19.9 Å². The molecule has 8 nitrogen and oxygen atoms in total. The van der Waals surface area contributed by atoms with Gasteiger partial charge in [-0.15, -0.1) is 5.10 Å². The molecule has 0 unspecified atom stereocenters. The van der Waals surface area contributed by atoms with Crippen LogP contribution in [0.1, 0.15) is 11.3 Å². The van der Waals surface area contributed by atoms with Crippen LogP contribution < -0.4 is 10.3 Å². The molecular weight excluding hydrogens is 294 g/mol. The van der Waals surface area contributed by atoms with Gasteiger partial charge in [0.1, 0.15) is 0 Å². The van der Waals surface area contributed by atoms with E-state index in [4.69, 9.17) is 0 Å². The minimum absolute atomic E-state index is 0.171. The summed E-state index contributed by atoms with van der Waals surface area (Å²) in [7, 11) is -3.70. The zero-order valence-electron chi connectivity index (χ0n) is 11.0. The Labute approximate surface area is 121 Å². The van der Waals surface area contributed by atoms with Crippen LogP contribution in [0.25, 0.3) is 0 Å². The number of nitrogens with zero attached hydrogens (tertiary/aromatic N) is 3. The molecule has 9 heteroatoms. The molecular formula is C12H13N5O3S. The Kier molecular flexibility index (Phi) is 3.43. The fourth-order valence-corrected chi connectivity index (χ4v) is 3.33. The average Bonchev–Trinajstić information content (AvgIpc) is 2.47. The molecule has 2 aromatic rings. The van der Waals surface area contributed by atoms with Crippen molar-refractivity contribution in [2.45, 2.75) is 13.0 Å². The van der Waals surface area contributed by atoms with Crippen molar-refractivity contribution in [1.29, 1.82) is 0 Å². The molecule has 0 fully saturated rings. The van der Waals surface area contributed by atoms with Crippen molar-refractivity contribution in [3.63, 3.8) is 0 Å². The van der Waals surface area contributed by atoms with Crippen LogP contribution in [0.5, 0.6) is 0 Å². The summed E-state index contributed by atoms with van der Waals surface area (Å²) in [6, 6.07) is 6.17. The molecule has 0 aromatic carbocycles. The molecule has 3 heterocycles. The van der Waals surface area contributed by atoms with Gasteiger partial charge in [-0.2, -0.15) is 17.8 Å². The summed E-state index contributed by atoms with van der Waals surface area (Å²) >= 11 is 0. The van der Waals surface area contributed by atoms with Crippen LogP contribution in [0, 0.1) is 0 Å². The van der Waals surface area contributed by atoms with Gasteiger partial charge in [-0.05, 0) is 17.7 Å². The first-order chi connectivity index (χ1) is 10.0. The van der Waals surface area contributed by atoms with Gasteiger partial charge < -0.3 is 4.98 Å². The van der Waals surface area contributed by atoms with E-state index >= 15 is 0 Å². The van der Waals surface area contributed by atoms with E-state index in [0.717, 1.165) is 11.3 Å². The lowest BCUT2D eigenvalue weighted by atomic mass is 10.1. The zero-order chi connectivity index (χ0) is 14.9. The minimum Gasteiger partial charge on any atom is -0.326 e. The lowest BCUT2D eigenvalue weighted by Gasteiger charge is -2.27. The Morgan fingerprint density at radius 2 is 2.14 bits per heavy atom. The summed E-state index contributed by atoms with van der Waals surface area (Å²) in [5, 5.41) is 7.32. The largest absolute Gasteiger partial charge is 0.326 e. The minimum atomic E-state index is -3.70. The van der Waals surface area contributed by atoms with Crippen molar-refractivity contribution in [3.05, 3.63) is 52.1 Å². The van der Waals surface area contributed by atoms with Gasteiger partial charge in [0, 0.05) is 37.5 Å². The van der Waals surface area contributed by atoms with Crippen molar-refractivity contribution in [1.82, 2.24) is 19.5 Å².